The summed E-state index contributed by atoms with van der Waals surface area (Å²) in [6, 6.07) is 15.3. The fourth-order valence-electron chi connectivity index (χ4n) is 2.71. The van der Waals surface area contributed by atoms with E-state index in [2.05, 4.69) is 10.2 Å². The molecule has 0 spiro atoms. The molecule has 2 aromatic rings. The van der Waals surface area contributed by atoms with Crippen molar-refractivity contribution in [1.82, 2.24) is 5.32 Å². The second-order valence-electron chi connectivity index (χ2n) is 5.61. The van der Waals surface area contributed by atoms with Gasteiger partial charge in [-0.3, -0.25) is 4.79 Å². The second kappa shape index (κ2) is 6.96. The van der Waals surface area contributed by atoms with E-state index in [1.54, 1.807) is 17.8 Å². The Morgan fingerprint density at radius 1 is 1.22 bits per heavy atom. The highest BCUT2D eigenvalue weighted by Gasteiger charge is 2.28. The summed E-state index contributed by atoms with van der Waals surface area (Å²) < 4.78 is 0. The minimum absolute atomic E-state index is 0.0437. The number of thioether (sulfide) groups is 1. The Morgan fingerprint density at radius 2 is 2.00 bits per heavy atom. The molecule has 0 saturated heterocycles. The van der Waals surface area contributed by atoms with Gasteiger partial charge in [0.2, 0.25) is 5.91 Å². The van der Waals surface area contributed by atoms with Gasteiger partial charge in [-0.2, -0.15) is 0 Å². The lowest BCUT2D eigenvalue weighted by Gasteiger charge is -2.21. The van der Waals surface area contributed by atoms with Crippen LogP contribution < -0.4 is 10.2 Å². The van der Waals surface area contributed by atoms with Gasteiger partial charge in [-0.05, 0) is 24.1 Å². The SMILES string of the molecule is CN1c2cccc(O)c2SC1CCNC(=O)Cc1ccccc1. The molecule has 4 nitrogen and oxygen atoms in total. The first kappa shape index (κ1) is 15.7. The number of carbonyl (C=O) groups is 1. The highest BCUT2D eigenvalue weighted by Crippen LogP contribution is 2.47. The number of benzene rings is 2. The Labute approximate surface area is 140 Å². The van der Waals surface area contributed by atoms with Crippen LogP contribution in [0.15, 0.2) is 53.4 Å². The summed E-state index contributed by atoms with van der Waals surface area (Å²) in [6.07, 6.45) is 1.24. The number of hydrogen-bond donors (Lipinski definition) is 2. The quantitative estimate of drug-likeness (QED) is 0.886. The van der Waals surface area contributed by atoms with E-state index in [-0.39, 0.29) is 11.3 Å². The van der Waals surface area contributed by atoms with Crippen LogP contribution in [0.3, 0.4) is 0 Å². The summed E-state index contributed by atoms with van der Waals surface area (Å²) in [5.41, 5.74) is 2.07. The third-order valence-electron chi connectivity index (χ3n) is 3.96. The lowest BCUT2D eigenvalue weighted by molar-refractivity contribution is -0.120. The van der Waals surface area contributed by atoms with Gasteiger partial charge in [-0.25, -0.2) is 0 Å². The number of aromatic hydroxyl groups is 1. The van der Waals surface area contributed by atoms with Gasteiger partial charge < -0.3 is 15.3 Å². The minimum Gasteiger partial charge on any atom is -0.507 e. The van der Waals surface area contributed by atoms with Crippen molar-refractivity contribution in [2.75, 3.05) is 18.5 Å². The molecule has 1 amide bonds. The van der Waals surface area contributed by atoms with Crippen LogP contribution in [0.25, 0.3) is 0 Å². The smallest absolute Gasteiger partial charge is 0.224 e. The van der Waals surface area contributed by atoms with E-state index >= 15 is 0 Å². The predicted octanol–water partition coefficient (Wildman–Crippen LogP) is 3.01. The van der Waals surface area contributed by atoms with Crippen molar-refractivity contribution in [3.63, 3.8) is 0 Å². The molecule has 0 fully saturated rings. The van der Waals surface area contributed by atoms with E-state index in [4.69, 9.17) is 0 Å². The number of hydrogen-bond acceptors (Lipinski definition) is 4. The molecule has 0 radical (unpaired) electrons. The molecular formula is C18H20N2O2S. The van der Waals surface area contributed by atoms with E-state index in [1.165, 1.54) is 0 Å². The summed E-state index contributed by atoms with van der Waals surface area (Å²) in [5, 5.41) is 13.1. The highest BCUT2D eigenvalue weighted by molar-refractivity contribution is 8.00. The topological polar surface area (TPSA) is 52.6 Å². The lowest BCUT2D eigenvalue weighted by Crippen LogP contribution is -2.32. The number of anilines is 1. The first-order valence-electron chi connectivity index (χ1n) is 7.67. The first-order valence-corrected chi connectivity index (χ1v) is 8.55. The Hall–Kier alpha value is -2.14. The van der Waals surface area contributed by atoms with Crippen LogP contribution in [0.2, 0.25) is 0 Å². The molecule has 3 rings (SSSR count). The number of carbonyl (C=O) groups excluding carboxylic acids is 1. The molecule has 0 saturated carbocycles. The van der Waals surface area contributed by atoms with Crippen molar-refractivity contribution < 1.29 is 9.90 Å². The zero-order valence-electron chi connectivity index (χ0n) is 13.0. The van der Waals surface area contributed by atoms with Crippen molar-refractivity contribution in [1.29, 1.82) is 0 Å². The van der Waals surface area contributed by atoms with Crippen LogP contribution in [-0.2, 0) is 11.2 Å². The van der Waals surface area contributed by atoms with Crippen molar-refractivity contribution >= 4 is 23.4 Å². The Kier molecular flexibility index (Phi) is 4.76. The molecule has 1 unspecified atom stereocenters. The summed E-state index contributed by atoms with van der Waals surface area (Å²) in [7, 11) is 2.02. The average molecular weight is 328 g/mol. The van der Waals surface area contributed by atoms with Crippen LogP contribution in [0.4, 0.5) is 5.69 Å². The van der Waals surface area contributed by atoms with Gasteiger partial charge in [-0.15, -0.1) is 0 Å². The molecule has 1 atom stereocenters. The standard InChI is InChI=1S/C18H20N2O2S/c1-20-14-8-5-9-15(21)18(14)23-17(20)10-11-19-16(22)12-13-6-3-2-4-7-13/h2-9,17,21H,10-12H2,1H3,(H,19,22). The number of amides is 1. The van der Waals surface area contributed by atoms with Gasteiger partial charge >= 0.3 is 0 Å². The average Bonchev–Trinajstić information content (AvgIpc) is 2.87. The molecule has 2 N–H and O–H groups in total. The fraction of sp³-hybridized carbons (Fsp3) is 0.278. The summed E-state index contributed by atoms with van der Waals surface area (Å²) in [6.45, 7) is 0.627. The number of nitrogens with zero attached hydrogens (tertiary/aromatic N) is 1. The van der Waals surface area contributed by atoms with Crippen molar-refractivity contribution in [2.45, 2.75) is 23.1 Å². The normalized spacial score (nSPS) is 16.2. The molecule has 1 aliphatic rings. The van der Waals surface area contributed by atoms with Crippen molar-refractivity contribution in [2.24, 2.45) is 0 Å². The molecule has 0 aliphatic carbocycles. The number of nitrogens with one attached hydrogen (secondary N) is 1. The van der Waals surface area contributed by atoms with Crippen LogP contribution in [-0.4, -0.2) is 30.0 Å². The van der Waals surface area contributed by atoms with Gasteiger partial charge in [0, 0.05) is 13.6 Å². The maximum absolute atomic E-state index is 12.0. The van der Waals surface area contributed by atoms with Crippen LogP contribution in [0, 0.1) is 0 Å². The summed E-state index contributed by atoms with van der Waals surface area (Å²) in [4.78, 5) is 15.1. The largest absolute Gasteiger partial charge is 0.507 e. The van der Waals surface area contributed by atoms with Crippen LogP contribution >= 0.6 is 11.8 Å². The van der Waals surface area contributed by atoms with E-state index in [0.717, 1.165) is 22.6 Å². The van der Waals surface area contributed by atoms with Crippen molar-refractivity contribution in [3.05, 3.63) is 54.1 Å². The van der Waals surface area contributed by atoms with Crippen LogP contribution in [0.1, 0.15) is 12.0 Å². The second-order valence-corrected chi connectivity index (χ2v) is 6.80. The molecule has 120 valence electrons. The van der Waals surface area contributed by atoms with E-state index < -0.39 is 0 Å². The molecule has 1 heterocycles. The van der Waals surface area contributed by atoms with Gasteiger partial charge in [0.15, 0.2) is 0 Å². The molecular weight excluding hydrogens is 308 g/mol. The maximum Gasteiger partial charge on any atom is 0.224 e. The number of phenols is 1. The number of phenolic OH excluding ortho intramolecular Hbond substituents is 1. The Bertz CT molecular complexity index is 691. The molecule has 1 aliphatic heterocycles. The van der Waals surface area contributed by atoms with Crippen LogP contribution in [0.5, 0.6) is 5.75 Å². The molecule has 0 aromatic heterocycles. The van der Waals surface area contributed by atoms with Gasteiger partial charge in [0.1, 0.15) is 5.75 Å². The highest BCUT2D eigenvalue weighted by atomic mass is 32.2. The minimum atomic E-state index is 0.0437. The zero-order valence-corrected chi connectivity index (χ0v) is 13.8. The van der Waals surface area contributed by atoms with Gasteiger partial charge in [0.05, 0.1) is 22.4 Å². The van der Waals surface area contributed by atoms with E-state index in [9.17, 15) is 9.90 Å². The van der Waals surface area contributed by atoms with Gasteiger partial charge in [0.25, 0.3) is 0 Å². The third kappa shape index (κ3) is 3.62. The molecule has 5 heteroatoms. The number of fused-ring (bicyclic) bond motifs is 1. The predicted molar refractivity (Wildman–Crippen MR) is 93.9 cm³/mol. The van der Waals surface area contributed by atoms with Gasteiger partial charge in [-0.1, -0.05) is 48.2 Å². The number of rotatable bonds is 5. The van der Waals surface area contributed by atoms with E-state index in [0.29, 0.717) is 18.7 Å². The maximum atomic E-state index is 12.0. The monoisotopic (exact) mass is 328 g/mol. The zero-order chi connectivity index (χ0) is 16.2. The lowest BCUT2D eigenvalue weighted by atomic mass is 10.1. The molecule has 2 aromatic carbocycles. The summed E-state index contributed by atoms with van der Waals surface area (Å²) >= 11 is 1.65. The fourth-order valence-corrected chi connectivity index (χ4v) is 4.01. The Morgan fingerprint density at radius 3 is 2.74 bits per heavy atom. The third-order valence-corrected chi connectivity index (χ3v) is 5.44. The Balaban J connectivity index is 1.49. The summed E-state index contributed by atoms with van der Waals surface area (Å²) in [5.74, 6) is 0.372. The van der Waals surface area contributed by atoms with E-state index in [1.807, 2.05) is 49.5 Å². The molecule has 0 bridgehead atoms. The van der Waals surface area contributed by atoms with Crippen molar-refractivity contribution in [3.8, 4) is 5.75 Å². The first-order chi connectivity index (χ1) is 11.1. The molecule has 23 heavy (non-hydrogen) atoms.